The van der Waals surface area contributed by atoms with E-state index < -0.39 is 0 Å². The number of phenolic OH excluding ortho intramolecular Hbond substituents is 1. The maximum absolute atomic E-state index is 9.73. The van der Waals surface area contributed by atoms with Gasteiger partial charge in [-0.15, -0.1) is 0 Å². The Kier molecular flexibility index (Phi) is 4.06. The molecule has 1 N–H and O–H groups in total. The molecule has 114 valence electrons. The van der Waals surface area contributed by atoms with Gasteiger partial charge in [0, 0.05) is 23.5 Å². The van der Waals surface area contributed by atoms with Crippen LogP contribution in [0.3, 0.4) is 0 Å². The number of phenols is 1. The first-order chi connectivity index (χ1) is 11.2. The van der Waals surface area contributed by atoms with Gasteiger partial charge in [-0.25, -0.2) is 5.01 Å². The predicted molar refractivity (Wildman–Crippen MR) is 92.7 cm³/mol. The minimum Gasteiger partial charge on any atom is -0.508 e. The molecule has 4 nitrogen and oxygen atoms in total. The number of pyridine rings is 1. The zero-order valence-corrected chi connectivity index (χ0v) is 12.8. The number of hydrogen-bond donors (Lipinski definition) is 1. The van der Waals surface area contributed by atoms with E-state index in [1.54, 1.807) is 29.5 Å². The van der Waals surface area contributed by atoms with Crippen LogP contribution in [0.15, 0.2) is 84.4 Å². The second kappa shape index (κ2) is 6.32. The minimum absolute atomic E-state index is 0.221. The second-order valence-electron chi connectivity index (χ2n) is 5.08. The van der Waals surface area contributed by atoms with Crippen molar-refractivity contribution in [1.82, 2.24) is 9.99 Å². The van der Waals surface area contributed by atoms with Crippen LogP contribution in [-0.4, -0.2) is 20.8 Å². The molecule has 0 aliphatic carbocycles. The van der Waals surface area contributed by atoms with E-state index in [-0.39, 0.29) is 5.75 Å². The van der Waals surface area contributed by atoms with Gasteiger partial charge in [0.25, 0.3) is 0 Å². The number of rotatable bonds is 3. The Labute approximate surface area is 135 Å². The lowest BCUT2D eigenvalue weighted by Crippen LogP contribution is -2.20. The molecule has 1 aliphatic heterocycles. The SMILES string of the molecule is C=C1C=CC(c2ccncc2)=NN1/C(=C\C)c1cccc(O)c1. The molecule has 4 heteroatoms. The highest BCUT2D eigenvalue weighted by Gasteiger charge is 2.17. The van der Waals surface area contributed by atoms with Crippen molar-refractivity contribution in [1.29, 1.82) is 0 Å². The Morgan fingerprint density at radius 1 is 1.17 bits per heavy atom. The summed E-state index contributed by atoms with van der Waals surface area (Å²) in [6.07, 6.45) is 9.29. The van der Waals surface area contributed by atoms with Crippen LogP contribution in [0.2, 0.25) is 0 Å². The van der Waals surface area contributed by atoms with Crippen molar-refractivity contribution in [2.24, 2.45) is 5.10 Å². The number of allylic oxidation sites excluding steroid dienone is 3. The molecule has 0 saturated heterocycles. The van der Waals surface area contributed by atoms with Crippen molar-refractivity contribution in [3.63, 3.8) is 0 Å². The van der Waals surface area contributed by atoms with E-state index in [0.29, 0.717) is 0 Å². The lowest BCUT2D eigenvalue weighted by molar-refractivity contribution is 0.474. The Bertz CT molecular complexity index is 820. The summed E-state index contributed by atoms with van der Waals surface area (Å²) < 4.78 is 0. The Hall–Kier alpha value is -3.14. The van der Waals surface area contributed by atoms with E-state index in [1.165, 1.54) is 0 Å². The van der Waals surface area contributed by atoms with Crippen molar-refractivity contribution < 1.29 is 5.11 Å². The Morgan fingerprint density at radius 2 is 1.96 bits per heavy atom. The van der Waals surface area contributed by atoms with Crippen molar-refractivity contribution in [2.45, 2.75) is 6.92 Å². The van der Waals surface area contributed by atoms with Crippen molar-refractivity contribution in [3.05, 3.63) is 90.4 Å². The zero-order chi connectivity index (χ0) is 16.2. The lowest BCUT2D eigenvalue weighted by Gasteiger charge is -2.26. The van der Waals surface area contributed by atoms with Crippen LogP contribution in [0.4, 0.5) is 0 Å². The molecule has 0 bridgehead atoms. The fourth-order valence-electron chi connectivity index (χ4n) is 2.41. The highest BCUT2D eigenvalue weighted by atomic mass is 16.3. The molecule has 2 aromatic rings. The molecule has 0 amide bonds. The molecule has 0 atom stereocenters. The van der Waals surface area contributed by atoms with Gasteiger partial charge in [0.2, 0.25) is 0 Å². The summed E-state index contributed by atoms with van der Waals surface area (Å²) in [6, 6.07) is 10.9. The van der Waals surface area contributed by atoms with Crippen LogP contribution < -0.4 is 0 Å². The first-order valence-corrected chi connectivity index (χ1v) is 7.31. The Morgan fingerprint density at radius 3 is 2.65 bits per heavy atom. The topological polar surface area (TPSA) is 48.7 Å². The van der Waals surface area contributed by atoms with Crippen LogP contribution in [-0.2, 0) is 0 Å². The van der Waals surface area contributed by atoms with Gasteiger partial charge < -0.3 is 5.11 Å². The fourth-order valence-corrected chi connectivity index (χ4v) is 2.41. The standard InChI is InChI=1S/C19H17N3O/c1-3-19(16-5-4-6-17(23)13-16)22-14(2)7-8-18(21-22)15-9-11-20-12-10-15/h3-13,23H,2H2,1H3/b19-3-. The van der Waals surface area contributed by atoms with E-state index >= 15 is 0 Å². The number of hydrazone groups is 1. The van der Waals surface area contributed by atoms with Crippen LogP contribution in [0.1, 0.15) is 18.1 Å². The molecule has 23 heavy (non-hydrogen) atoms. The molecule has 0 unspecified atom stereocenters. The van der Waals surface area contributed by atoms with Crippen LogP contribution in [0.5, 0.6) is 5.75 Å². The zero-order valence-electron chi connectivity index (χ0n) is 12.8. The summed E-state index contributed by atoms with van der Waals surface area (Å²) in [6.45, 7) is 5.99. The fraction of sp³-hybridized carbons (Fsp3) is 0.0526. The monoisotopic (exact) mass is 303 g/mol. The van der Waals surface area contributed by atoms with Crippen molar-refractivity contribution >= 4 is 11.4 Å². The van der Waals surface area contributed by atoms with Gasteiger partial charge in [-0.2, -0.15) is 5.10 Å². The molecule has 0 fully saturated rings. The maximum Gasteiger partial charge on any atom is 0.116 e. The van der Waals surface area contributed by atoms with Crippen LogP contribution in [0, 0.1) is 0 Å². The highest BCUT2D eigenvalue weighted by Crippen LogP contribution is 2.28. The quantitative estimate of drug-likeness (QED) is 0.934. The van der Waals surface area contributed by atoms with Gasteiger partial charge in [-0.1, -0.05) is 24.8 Å². The summed E-state index contributed by atoms with van der Waals surface area (Å²) >= 11 is 0. The van der Waals surface area contributed by atoms with Gasteiger partial charge in [-0.05, 0) is 43.3 Å². The smallest absolute Gasteiger partial charge is 0.116 e. The lowest BCUT2D eigenvalue weighted by atomic mass is 10.1. The third-order valence-corrected chi connectivity index (χ3v) is 3.53. The maximum atomic E-state index is 9.73. The molecular formula is C19H17N3O. The molecule has 0 radical (unpaired) electrons. The molecule has 0 spiro atoms. The number of benzene rings is 1. The molecule has 0 saturated carbocycles. The Balaban J connectivity index is 2.01. The molecule has 1 aromatic heterocycles. The van der Waals surface area contributed by atoms with Gasteiger partial charge >= 0.3 is 0 Å². The first kappa shape index (κ1) is 14.8. The third kappa shape index (κ3) is 3.06. The number of hydrogen-bond acceptors (Lipinski definition) is 4. The van der Waals surface area contributed by atoms with E-state index in [4.69, 9.17) is 5.10 Å². The molecular weight excluding hydrogens is 286 g/mol. The van der Waals surface area contributed by atoms with E-state index in [2.05, 4.69) is 11.6 Å². The summed E-state index contributed by atoms with van der Waals surface area (Å²) in [5, 5.41) is 16.2. The summed E-state index contributed by atoms with van der Waals surface area (Å²) in [4.78, 5) is 4.03. The summed E-state index contributed by atoms with van der Waals surface area (Å²) in [5.41, 5.74) is 4.32. The first-order valence-electron chi connectivity index (χ1n) is 7.31. The van der Waals surface area contributed by atoms with Gasteiger partial charge in [0.1, 0.15) is 5.75 Å². The van der Waals surface area contributed by atoms with Crippen molar-refractivity contribution in [2.75, 3.05) is 0 Å². The molecule has 3 rings (SSSR count). The number of nitrogens with zero attached hydrogens (tertiary/aromatic N) is 3. The average Bonchev–Trinajstić information content (AvgIpc) is 2.58. The molecule has 2 heterocycles. The predicted octanol–water partition coefficient (Wildman–Crippen LogP) is 3.94. The molecule has 1 aliphatic rings. The second-order valence-corrected chi connectivity index (χ2v) is 5.08. The number of aromatic nitrogens is 1. The van der Waals surface area contributed by atoms with Crippen molar-refractivity contribution in [3.8, 4) is 5.75 Å². The van der Waals surface area contributed by atoms with Gasteiger partial charge in [-0.3, -0.25) is 4.98 Å². The highest BCUT2D eigenvalue weighted by molar-refractivity contribution is 6.09. The minimum atomic E-state index is 0.221. The van der Waals surface area contributed by atoms with E-state index in [0.717, 1.165) is 28.2 Å². The van der Waals surface area contributed by atoms with Crippen LogP contribution in [0.25, 0.3) is 5.70 Å². The number of aromatic hydroxyl groups is 1. The summed E-state index contributed by atoms with van der Waals surface area (Å²) in [5.74, 6) is 0.221. The summed E-state index contributed by atoms with van der Waals surface area (Å²) in [7, 11) is 0. The van der Waals surface area contributed by atoms with Crippen LogP contribution >= 0.6 is 0 Å². The van der Waals surface area contributed by atoms with E-state index in [9.17, 15) is 5.11 Å². The van der Waals surface area contributed by atoms with E-state index in [1.807, 2.05) is 49.4 Å². The largest absolute Gasteiger partial charge is 0.508 e. The normalized spacial score (nSPS) is 14.8. The third-order valence-electron chi connectivity index (χ3n) is 3.53. The average molecular weight is 303 g/mol. The van der Waals surface area contributed by atoms with Gasteiger partial charge in [0.05, 0.1) is 17.1 Å². The molecule has 1 aromatic carbocycles. The van der Waals surface area contributed by atoms with Gasteiger partial charge in [0.15, 0.2) is 0 Å².